The number of rotatable bonds is 7. The number of thioether (sulfide) groups is 1. The molecule has 3 nitrogen and oxygen atoms in total. The highest BCUT2D eigenvalue weighted by Crippen LogP contribution is 2.16. The van der Waals surface area contributed by atoms with Crippen molar-refractivity contribution in [3.8, 4) is 0 Å². The zero-order valence-corrected chi connectivity index (χ0v) is 10.6. The van der Waals surface area contributed by atoms with Crippen molar-refractivity contribution < 1.29 is 4.42 Å². The predicted molar refractivity (Wildman–Crippen MR) is 64.3 cm³/mol. The third kappa shape index (κ3) is 5.85. The minimum absolute atomic E-state index is 0.729. The molecule has 1 heterocycles. The lowest BCUT2D eigenvalue weighted by Gasteiger charge is -2.05. The summed E-state index contributed by atoms with van der Waals surface area (Å²) in [6.07, 6.45) is 2.85. The first-order chi connectivity index (χ1) is 7.18. The molecule has 1 N–H and O–H groups in total. The molecule has 15 heavy (non-hydrogen) atoms. The van der Waals surface area contributed by atoms with E-state index in [-0.39, 0.29) is 0 Å². The molecule has 0 atom stereocenters. The average molecular weight is 228 g/mol. The van der Waals surface area contributed by atoms with E-state index in [1.807, 2.05) is 6.92 Å². The van der Waals surface area contributed by atoms with Crippen LogP contribution in [-0.2, 0) is 0 Å². The van der Waals surface area contributed by atoms with Crippen LogP contribution in [0.4, 0.5) is 0 Å². The molecular formula is C11H20N2OS. The maximum atomic E-state index is 5.24. The van der Waals surface area contributed by atoms with Gasteiger partial charge in [-0.1, -0.05) is 25.6 Å². The van der Waals surface area contributed by atoms with E-state index in [1.54, 1.807) is 18.0 Å². The second kappa shape index (κ2) is 6.90. The van der Waals surface area contributed by atoms with Crippen LogP contribution in [0.5, 0.6) is 0 Å². The third-order valence-corrected chi connectivity index (χ3v) is 2.80. The van der Waals surface area contributed by atoms with Crippen LogP contribution in [-0.4, -0.2) is 23.8 Å². The molecule has 1 aromatic heterocycles. The zero-order chi connectivity index (χ0) is 11.1. The van der Waals surface area contributed by atoms with Gasteiger partial charge in [-0.25, -0.2) is 4.98 Å². The summed E-state index contributed by atoms with van der Waals surface area (Å²) in [6, 6.07) is 0. The number of hydrogen-bond acceptors (Lipinski definition) is 4. The first-order valence-corrected chi connectivity index (χ1v) is 6.42. The van der Waals surface area contributed by atoms with Crippen LogP contribution in [0.25, 0.3) is 0 Å². The summed E-state index contributed by atoms with van der Waals surface area (Å²) in [5.41, 5.74) is 0.954. The first-order valence-electron chi connectivity index (χ1n) is 5.44. The summed E-state index contributed by atoms with van der Waals surface area (Å²) >= 11 is 1.68. The molecule has 0 aliphatic rings. The Morgan fingerprint density at radius 1 is 1.53 bits per heavy atom. The van der Waals surface area contributed by atoms with E-state index in [4.69, 9.17) is 4.42 Å². The fraction of sp³-hybridized carbons (Fsp3) is 0.727. The Kier molecular flexibility index (Phi) is 5.79. The van der Waals surface area contributed by atoms with Gasteiger partial charge in [-0.05, 0) is 32.4 Å². The van der Waals surface area contributed by atoms with Crippen LogP contribution in [0.3, 0.4) is 0 Å². The smallest absolute Gasteiger partial charge is 0.255 e. The third-order valence-electron chi connectivity index (χ3n) is 1.87. The molecule has 0 amide bonds. The van der Waals surface area contributed by atoms with Gasteiger partial charge in [0.15, 0.2) is 0 Å². The molecule has 4 heteroatoms. The van der Waals surface area contributed by atoms with Gasteiger partial charge in [-0.3, -0.25) is 0 Å². The Morgan fingerprint density at radius 3 is 2.93 bits per heavy atom. The monoisotopic (exact) mass is 228 g/mol. The van der Waals surface area contributed by atoms with Gasteiger partial charge in [0.25, 0.3) is 5.22 Å². The lowest BCUT2D eigenvalue weighted by atomic mass is 10.2. The highest BCUT2D eigenvalue weighted by molar-refractivity contribution is 7.99. The Labute approximate surface area is 96.0 Å². The van der Waals surface area contributed by atoms with Gasteiger partial charge < -0.3 is 9.73 Å². The van der Waals surface area contributed by atoms with Gasteiger partial charge in [0.05, 0.1) is 5.69 Å². The molecular weight excluding hydrogens is 208 g/mol. The minimum atomic E-state index is 0.729. The number of nitrogens with one attached hydrogen (secondary N) is 1. The minimum Gasteiger partial charge on any atom is -0.440 e. The van der Waals surface area contributed by atoms with Crippen LogP contribution < -0.4 is 5.32 Å². The van der Waals surface area contributed by atoms with Crippen molar-refractivity contribution >= 4 is 11.8 Å². The van der Waals surface area contributed by atoms with Crippen molar-refractivity contribution in [1.82, 2.24) is 10.3 Å². The SMILES string of the molecule is Cc1coc(SCCCNCC(C)C)n1. The van der Waals surface area contributed by atoms with E-state index in [2.05, 4.69) is 24.1 Å². The molecule has 0 bridgehead atoms. The summed E-state index contributed by atoms with van der Waals surface area (Å²) in [6.45, 7) is 8.56. The molecule has 86 valence electrons. The fourth-order valence-corrected chi connectivity index (χ4v) is 1.93. The summed E-state index contributed by atoms with van der Waals surface area (Å²) in [4.78, 5) is 4.23. The number of nitrogens with zero attached hydrogens (tertiary/aromatic N) is 1. The number of aromatic nitrogens is 1. The molecule has 1 aromatic rings. The largest absolute Gasteiger partial charge is 0.440 e. The van der Waals surface area contributed by atoms with Crippen LogP contribution >= 0.6 is 11.8 Å². The van der Waals surface area contributed by atoms with Crippen LogP contribution in [0.2, 0.25) is 0 Å². The predicted octanol–water partition coefficient (Wildman–Crippen LogP) is 2.71. The van der Waals surface area contributed by atoms with Crippen LogP contribution in [0.1, 0.15) is 26.0 Å². The quantitative estimate of drug-likeness (QED) is 0.575. The molecule has 0 aliphatic heterocycles. The van der Waals surface area contributed by atoms with Crippen molar-refractivity contribution in [1.29, 1.82) is 0 Å². The van der Waals surface area contributed by atoms with Gasteiger partial charge in [0, 0.05) is 5.75 Å². The highest BCUT2D eigenvalue weighted by Gasteiger charge is 2.00. The Hall–Kier alpha value is -0.480. The standard InChI is InChI=1S/C11H20N2OS/c1-9(2)7-12-5-4-6-15-11-13-10(3)8-14-11/h8-9,12H,4-7H2,1-3H3. The van der Waals surface area contributed by atoms with Crippen molar-refractivity contribution in [3.63, 3.8) is 0 Å². The second-order valence-corrected chi connectivity index (χ2v) is 5.10. The maximum Gasteiger partial charge on any atom is 0.255 e. The summed E-state index contributed by atoms with van der Waals surface area (Å²) in [5, 5.41) is 4.20. The topological polar surface area (TPSA) is 38.1 Å². The van der Waals surface area contributed by atoms with E-state index in [1.165, 1.54) is 0 Å². The fourth-order valence-electron chi connectivity index (χ4n) is 1.15. The molecule has 0 fully saturated rings. The average Bonchev–Trinajstić information content (AvgIpc) is 2.57. The zero-order valence-electron chi connectivity index (χ0n) is 9.75. The van der Waals surface area contributed by atoms with E-state index in [0.717, 1.165) is 42.1 Å². The molecule has 0 unspecified atom stereocenters. The molecule has 0 aliphatic carbocycles. The second-order valence-electron chi connectivity index (χ2n) is 4.05. The van der Waals surface area contributed by atoms with Crippen molar-refractivity contribution in [2.45, 2.75) is 32.4 Å². The number of oxazole rings is 1. The van der Waals surface area contributed by atoms with Crippen molar-refractivity contribution in [2.75, 3.05) is 18.8 Å². The number of aryl methyl sites for hydroxylation is 1. The van der Waals surface area contributed by atoms with Gasteiger partial charge in [0.2, 0.25) is 0 Å². The molecule has 0 spiro atoms. The van der Waals surface area contributed by atoms with Gasteiger partial charge in [0.1, 0.15) is 6.26 Å². The maximum absolute atomic E-state index is 5.24. The van der Waals surface area contributed by atoms with Gasteiger partial charge in [-0.15, -0.1) is 0 Å². The van der Waals surface area contributed by atoms with Crippen molar-refractivity contribution in [3.05, 3.63) is 12.0 Å². The van der Waals surface area contributed by atoms with Crippen LogP contribution in [0, 0.1) is 12.8 Å². The Bertz CT molecular complexity index is 273. The normalized spacial score (nSPS) is 11.2. The van der Waals surface area contributed by atoms with E-state index in [9.17, 15) is 0 Å². The van der Waals surface area contributed by atoms with E-state index in [0.29, 0.717) is 0 Å². The Balaban J connectivity index is 1.98. The number of hydrogen-bond donors (Lipinski definition) is 1. The summed E-state index contributed by atoms with van der Waals surface area (Å²) in [5.74, 6) is 1.79. The molecule has 0 saturated carbocycles. The lowest BCUT2D eigenvalue weighted by molar-refractivity contribution is 0.453. The van der Waals surface area contributed by atoms with Crippen molar-refractivity contribution in [2.24, 2.45) is 5.92 Å². The summed E-state index contributed by atoms with van der Waals surface area (Å²) < 4.78 is 5.24. The van der Waals surface area contributed by atoms with E-state index >= 15 is 0 Å². The molecule has 0 aromatic carbocycles. The Morgan fingerprint density at radius 2 is 2.33 bits per heavy atom. The molecule has 1 rings (SSSR count). The van der Waals surface area contributed by atoms with Gasteiger partial charge in [-0.2, -0.15) is 0 Å². The molecule has 0 radical (unpaired) electrons. The first kappa shape index (κ1) is 12.6. The summed E-state index contributed by atoms with van der Waals surface area (Å²) in [7, 11) is 0. The van der Waals surface area contributed by atoms with E-state index < -0.39 is 0 Å². The van der Waals surface area contributed by atoms with Crippen LogP contribution in [0.15, 0.2) is 15.9 Å². The highest BCUT2D eigenvalue weighted by atomic mass is 32.2. The van der Waals surface area contributed by atoms with Gasteiger partial charge >= 0.3 is 0 Å². The lowest BCUT2D eigenvalue weighted by Crippen LogP contribution is -2.21. The molecule has 0 saturated heterocycles.